The number of hydrogen-bond donors (Lipinski definition) is 1. The Balaban J connectivity index is 1.80. The zero-order valence-electron chi connectivity index (χ0n) is 15.0. The van der Waals surface area contributed by atoms with Gasteiger partial charge in [0, 0.05) is 22.9 Å². The number of benzene rings is 2. The highest BCUT2D eigenvalue weighted by Gasteiger charge is 2.13. The summed E-state index contributed by atoms with van der Waals surface area (Å²) in [7, 11) is 3.12. The molecule has 7 nitrogen and oxygen atoms in total. The zero-order chi connectivity index (χ0) is 18.7. The van der Waals surface area contributed by atoms with Gasteiger partial charge in [0.15, 0.2) is 17.3 Å². The molecule has 0 aliphatic heterocycles. The number of methoxy groups -OCH3 is 2. The maximum Gasteiger partial charge on any atom is 0.257 e. The van der Waals surface area contributed by atoms with E-state index in [-0.39, 0.29) is 5.91 Å². The van der Waals surface area contributed by atoms with E-state index in [4.69, 9.17) is 14.0 Å². The summed E-state index contributed by atoms with van der Waals surface area (Å²) in [5.41, 5.74) is 2.79. The van der Waals surface area contributed by atoms with Gasteiger partial charge in [0.05, 0.1) is 14.2 Å². The molecule has 1 N–H and O–H groups in total. The van der Waals surface area contributed by atoms with E-state index in [1.165, 1.54) is 0 Å². The van der Waals surface area contributed by atoms with Crippen LogP contribution in [0.2, 0.25) is 0 Å². The number of aryl methyl sites for hydroxylation is 2. The molecule has 2 aromatic carbocycles. The summed E-state index contributed by atoms with van der Waals surface area (Å²) in [5, 5.41) is 6.65. The lowest BCUT2D eigenvalue weighted by atomic mass is 10.1. The van der Waals surface area contributed by atoms with E-state index in [1.807, 2.05) is 13.0 Å². The number of rotatable bonds is 5. The summed E-state index contributed by atoms with van der Waals surface area (Å²) in [5.74, 6) is 1.92. The summed E-state index contributed by atoms with van der Waals surface area (Å²) in [6, 6.07) is 10.5. The lowest BCUT2D eigenvalue weighted by Gasteiger charge is -2.13. The van der Waals surface area contributed by atoms with Crippen LogP contribution in [0.4, 0.5) is 5.69 Å². The number of aromatic nitrogens is 2. The fourth-order valence-corrected chi connectivity index (χ4v) is 2.49. The Morgan fingerprint density at radius 1 is 1.04 bits per heavy atom. The number of anilines is 1. The summed E-state index contributed by atoms with van der Waals surface area (Å²) in [6.07, 6.45) is 0. The largest absolute Gasteiger partial charge is 0.493 e. The van der Waals surface area contributed by atoms with Crippen LogP contribution in [0, 0.1) is 13.8 Å². The highest BCUT2D eigenvalue weighted by molar-refractivity contribution is 6.05. The van der Waals surface area contributed by atoms with Crippen LogP contribution in [-0.4, -0.2) is 30.3 Å². The molecule has 0 aliphatic rings. The molecule has 0 aliphatic carbocycles. The number of nitrogens with zero attached hydrogens (tertiary/aromatic N) is 2. The van der Waals surface area contributed by atoms with E-state index < -0.39 is 0 Å². The Hall–Kier alpha value is -3.35. The van der Waals surface area contributed by atoms with Crippen LogP contribution in [0.25, 0.3) is 11.5 Å². The molecule has 0 saturated carbocycles. The van der Waals surface area contributed by atoms with Gasteiger partial charge in [0.25, 0.3) is 11.8 Å². The smallest absolute Gasteiger partial charge is 0.257 e. The second-order valence-electron chi connectivity index (χ2n) is 5.70. The van der Waals surface area contributed by atoms with Crippen LogP contribution in [0.1, 0.15) is 21.7 Å². The van der Waals surface area contributed by atoms with Gasteiger partial charge in [-0.2, -0.15) is 4.98 Å². The molecule has 0 saturated heterocycles. The standard InChI is InChI=1S/C19H19N3O4/c1-11-9-16(24-3)17(25-4)10-15(11)21-18(23)13-5-7-14(8-6-13)19-20-12(2)22-26-19/h5-10H,1-4H3,(H,21,23). The van der Waals surface area contributed by atoms with Crippen molar-refractivity contribution in [3.63, 3.8) is 0 Å². The lowest BCUT2D eigenvalue weighted by molar-refractivity contribution is 0.102. The molecule has 0 fully saturated rings. The fraction of sp³-hybridized carbons (Fsp3) is 0.211. The molecule has 26 heavy (non-hydrogen) atoms. The van der Waals surface area contributed by atoms with Crippen LogP contribution >= 0.6 is 0 Å². The van der Waals surface area contributed by atoms with Gasteiger partial charge in [0.1, 0.15) is 0 Å². The van der Waals surface area contributed by atoms with E-state index in [1.54, 1.807) is 51.5 Å². The zero-order valence-corrected chi connectivity index (χ0v) is 15.0. The molecule has 0 spiro atoms. The molecule has 0 bridgehead atoms. The molecule has 1 heterocycles. The maximum atomic E-state index is 12.5. The van der Waals surface area contributed by atoms with Crippen molar-refractivity contribution < 1.29 is 18.8 Å². The number of hydrogen-bond acceptors (Lipinski definition) is 6. The van der Waals surface area contributed by atoms with Gasteiger partial charge in [-0.1, -0.05) is 5.16 Å². The van der Waals surface area contributed by atoms with Gasteiger partial charge in [-0.15, -0.1) is 0 Å². The van der Waals surface area contributed by atoms with E-state index in [2.05, 4.69) is 15.5 Å². The Morgan fingerprint density at radius 3 is 2.27 bits per heavy atom. The average molecular weight is 353 g/mol. The van der Waals surface area contributed by atoms with Gasteiger partial charge in [-0.25, -0.2) is 0 Å². The molecule has 0 atom stereocenters. The molecule has 1 aromatic heterocycles. The minimum atomic E-state index is -0.228. The van der Waals surface area contributed by atoms with E-state index in [0.717, 1.165) is 11.1 Å². The predicted octanol–water partition coefficient (Wildman–Crippen LogP) is 3.62. The number of ether oxygens (including phenoxy) is 2. The molecule has 3 aromatic rings. The van der Waals surface area contributed by atoms with Gasteiger partial charge < -0.3 is 19.3 Å². The minimum Gasteiger partial charge on any atom is -0.493 e. The Morgan fingerprint density at radius 2 is 1.69 bits per heavy atom. The third kappa shape index (κ3) is 3.51. The number of carbonyl (C=O) groups is 1. The van der Waals surface area contributed by atoms with E-state index in [0.29, 0.717) is 34.5 Å². The highest BCUT2D eigenvalue weighted by Crippen LogP contribution is 2.33. The summed E-state index contributed by atoms with van der Waals surface area (Å²) >= 11 is 0. The quantitative estimate of drug-likeness (QED) is 0.754. The predicted molar refractivity (Wildman–Crippen MR) is 96.7 cm³/mol. The van der Waals surface area contributed by atoms with Crippen molar-refractivity contribution in [2.24, 2.45) is 0 Å². The van der Waals surface area contributed by atoms with Crippen LogP contribution in [0.15, 0.2) is 40.9 Å². The minimum absolute atomic E-state index is 0.228. The van der Waals surface area contributed by atoms with Crippen LogP contribution in [0.5, 0.6) is 11.5 Å². The Kier molecular flexibility index (Phi) is 4.88. The highest BCUT2D eigenvalue weighted by atomic mass is 16.5. The summed E-state index contributed by atoms with van der Waals surface area (Å²) < 4.78 is 15.7. The van der Waals surface area contributed by atoms with Crippen LogP contribution < -0.4 is 14.8 Å². The lowest BCUT2D eigenvalue weighted by Crippen LogP contribution is -2.13. The van der Waals surface area contributed by atoms with Crippen LogP contribution in [-0.2, 0) is 0 Å². The van der Waals surface area contributed by atoms with Gasteiger partial charge in [-0.05, 0) is 49.7 Å². The topological polar surface area (TPSA) is 86.5 Å². The van der Waals surface area contributed by atoms with Crippen molar-refractivity contribution in [1.82, 2.24) is 10.1 Å². The molecule has 0 radical (unpaired) electrons. The first kappa shape index (κ1) is 17.5. The molecule has 134 valence electrons. The molecular formula is C19H19N3O4. The van der Waals surface area contributed by atoms with Crippen molar-refractivity contribution in [1.29, 1.82) is 0 Å². The average Bonchev–Trinajstić information content (AvgIpc) is 3.09. The molecule has 7 heteroatoms. The van der Waals surface area contributed by atoms with Crippen molar-refractivity contribution in [3.8, 4) is 23.0 Å². The third-order valence-corrected chi connectivity index (χ3v) is 3.90. The van der Waals surface area contributed by atoms with Gasteiger partial charge in [0.2, 0.25) is 0 Å². The normalized spacial score (nSPS) is 10.5. The second kappa shape index (κ2) is 7.26. The summed E-state index contributed by atoms with van der Waals surface area (Å²) in [4.78, 5) is 16.7. The van der Waals surface area contributed by atoms with Crippen molar-refractivity contribution >= 4 is 11.6 Å². The third-order valence-electron chi connectivity index (χ3n) is 3.90. The van der Waals surface area contributed by atoms with Gasteiger partial charge >= 0.3 is 0 Å². The fourth-order valence-electron chi connectivity index (χ4n) is 2.49. The second-order valence-corrected chi connectivity index (χ2v) is 5.70. The first-order valence-electron chi connectivity index (χ1n) is 7.96. The SMILES string of the molecule is COc1cc(C)c(NC(=O)c2ccc(-c3nc(C)no3)cc2)cc1OC. The van der Waals surface area contributed by atoms with E-state index >= 15 is 0 Å². The number of nitrogens with one attached hydrogen (secondary N) is 1. The summed E-state index contributed by atoms with van der Waals surface area (Å²) in [6.45, 7) is 3.64. The Bertz CT molecular complexity index is 932. The van der Waals surface area contributed by atoms with Crippen molar-refractivity contribution in [2.45, 2.75) is 13.8 Å². The van der Waals surface area contributed by atoms with Crippen LogP contribution in [0.3, 0.4) is 0 Å². The van der Waals surface area contributed by atoms with Crippen molar-refractivity contribution in [3.05, 3.63) is 53.3 Å². The first-order chi connectivity index (χ1) is 12.5. The maximum absolute atomic E-state index is 12.5. The number of carbonyl (C=O) groups excluding carboxylic acids is 1. The molecule has 3 rings (SSSR count). The van der Waals surface area contributed by atoms with Gasteiger partial charge in [-0.3, -0.25) is 4.79 Å². The van der Waals surface area contributed by atoms with E-state index in [9.17, 15) is 4.79 Å². The molecule has 0 unspecified atom stereocenters. The molecule has 1 amide bonds. The number of amides is 1. The first-order valence-corrected chi connectivity index (χ1v) is 7.96. The molecular weight excluding hydrogens is 334 g/mol. The van der Waals surface area contributed by atoms with Crippen molar-refractivity contribution in [2.75, 3.05) is 19.5 Å². The Labute approximate surface area is 150 Å². The monoisotopic (exact) mass is 353 g/mol.